The molecule has 1 aromatic heterocycles. The molecule has 4 nitrogen and oxygen atoms in total. The molecule has 0 unspecified atom stereocenters. The molecule has 0 spiro atoms. The fraction of sp³-hybridized carbons (Fsp3) is 0.353. The lowest BCUT2D eigenvalue weighted by Gasteiger charge is -2.30. The predicted molar refractivity (Wildman–Crippen MR) is 82.0 cm³/mol. The van der Waals surface area contributed by atoms with Crippen LogP contribution in [0.3, 0.4) is 0 Å². The number of nitriles is 1. The number of benzene rings is 1. The number of fused-ring (bicyclic) bond motifs is 1. The van der Waals surface area contributed by atoms with Gasteiger partial charge < -0.3 is 4.90 Å². The molecule has 2 heterocycles. The Morgan fingerprint density at radius 2 is 2.10 bits per heavy atom. The van der Waals surface area contributed by atoms with E-state index in [9.17, 15) is 0 Å². The molecular formula is C17H18N4. The van der Waals surface area contributed by atoms with Crippen LogP contribution in [0, 0.1) is 11.3 Å². The molecule has 0 bridgehead atoms. The van der Waals surface area contributed by atoms with Crippen molar-refractivity contribution in [1.82, 2.24) is 9.97 Å². The minimum absolute atomic E-state index is 0.370. The number of anilines is 1. The number of hydrogen-bond donors (Lipinski definition) is 0. The maximum absolute atomic E-state index is 8.94. The summed E-state index contributed by atoms with van der Waals surface area (Å²) >= 11 is 0. The zero-order valence-corrected chi connectivity index (χ0v) is 12.4. The van der Waals surface area contributed by atoms with Gasteiger partial charge in [-0.25, -0.2) is 4.98 Å². The van der Waals surface area contributed by atoms with Gasteiger partial charge in [0.15, 0.2) is 5.69 Å². The molecule has 4 heteroatoms. The molecule has 1 aromatic carbocycles. The van der Waals surface area contributed by atoms with Crippen molar-refractivity contribution in [3.8, 4) is 6.07 Å². The van der Waals surface area contributed by atoms with E-state index < -0.39 is 0 Å². The van der Waals surface area contributed by atoms with Crippen LogP contribution in [0.15, 0.2) is 30.6 Å². The summed E-state index contributed by atoms with van der Waals surface area (Å²) in [5, 5.41) is 8.94. The van der Waals surface area contributed by atoms with E-state index in [0.717, 1.165) is 25.3 Å². The van der Waals surface area contributed by atoms with Gasteiger partial charge >= 0.3 is 0 Å². The number of hydrogen-bond acceptors (Lipinski definition) is 4. The summed E-state index contributed by atoms with van der Waals surface area (Å²) in [6, 6.07) is 8.83. The Labute approximate surface area is 125 Å². The van der Waals surface area contributed by atoms with Gasteiger partial charge in [-0.05, 0) is 29.0 Å². The van der Waals surface area contributed by atoms with Gasteiger partial charge in [0.05, 0.1) is 12.4 Å². The van der Waals surface area contributed by atoms with Crippen LogP contribution in [-0.2, 0) is 13.0 Å². The second-order valence-corrected chi connectivity index (χ2v) is 5.73. The van der Waals surface area contributed by atoms with E-state index in [-0.39, 0.29) is 0 Å². The first-order chi connectivity index (χ1) is 10.2. The largest absolute Gasteiger partial charge is 0.351 e. The zero-order chi connectivity index (χ0) is 14.8. The summed E-state index contributed by atoms with van der Waals surface area (Å²) in [5.41, 5.74) is 4.51. The zero-order valence-electron chi connectivity index (χ0n) is 12.4. The number of rotatable bonds is 2. The van der Waals surface area contributed by atoms with Crippen LogP contribution >= 0.6 is 0 Å². The summed E-state index contributed by atoms with van der Waals surface area (Å²) in [6.07, 6.45) is 4.24. The maximum atomic E-state index is 8.94. The maximum Gasteiger partial charge on any atom is 0.161 e. The molecule has 106 valence electrons. The Morgan fingerprint density at radius 1 is 1.24 bits per heavy atom. The highest BCUT2D eigenvalue weighted by Gasteiger charge is 2.18. The fourth-order valence-corrected chi connectivity index (χ4v) is 2.69. The molecule has 0 N–H and O–H groups in total. The molecule has 0 fully saturated rings. The van der Waals surface area contributed by atoms with Crippen LogP contribution in [0.25, 0.3) is 0 Å². The average Bonchev–Trinajstić information content (AvgIpc) is 2.53. The first-order valence-corrected chi connectivity index (χ1v) is 7.26. The molecule has 2 aromatic rings. The normalized spacial score (nSPS) is 13.9. The standard InChI is InChI=1S/C17H18N4/c1-12(2)14-4-3-13-5-6-21(11-15(13)7-14)17-10-19-9-16(8-18)20-17/h3-4,7,9-10,12H,5-6,11H2,1-2H3. The first kappa shape index (κ1) is 13.6. The molecule has 0 radical (unpaired) electrons. The van der Waals surface area contributed by atoms with E-state index >= 15 is 0 Å². The van der Waals surface area contributed by atoms with Crippen molar-refractivity contribution in [2.75, 3.05) is 11.4 Å². The molecule has 1 aliphatic heterocycles. The van der Waals surface area contributed by atoms with Gasteiger partial charge in [-0.1, -0.05) is 32.0 Å². The Hall–Kier alpha value is -2.41. The van der Waals surface area contributed by atoms with Gasteiger partial charge in [0.25, 0.3) is 0 Å². The smallest absolute Gasteiger partial charge is 0.161 e. The van der Waals surface area contributed by atoms with Crippen molar-refractivity contribution >= 4 is 5.82 Å². The molecule has 0 aliphatic carbocycles. The quantitative estimate of drug-likeness (QED) is 0.847. The minimum Gasteiger partial charge on any atom is -0.351 e. The summed E-state index contributed by atoms with van der Waals surface area (Å²) < 4.78 is 0. The van der Waals surface area contributed by atoms with Crippen molar-refractivity contribution in [3.63, 3.8) is 0 Å². The van der Waals surface area contributed by atoms with E-state index in [1.807, 2.05) is 6.07 Å². The van der Waals surface area contributed by atoms with Crippen molar-refractivity contribution < 1.29 is 0 Å². The molecule has 0 amide bonds. The highest BCUT2D eigenvalue weighted by atomic mass is 15.2. The van der Waals surface area contributed by atoms with Crippen LogP contribution in [0.5, 0.6) is 0 Å². The Balaban J connectivity index is 1.89. The molecule has 21 heavy (non-hydrogen) atoms. The average molecular weight is 278 g/mol. The van der Waals surface area contributed by atoms with Crippen molar-refractivity contribution in [2.45, 2.75) is 32.7 Å². The van der Waals surface area contributed by atoms with Crippen LogP contribution < -0.4 is 4.90 Å². The lowest BCUT2D eigenvalue weighted by atomic mass is 9.93. The van der Waals surface area contributed by atoms with E-state index in [4.69, 9.17) is 5.26 Å². The van der Waals surface area contributed by atoms with Gasteiger partial charge in [-0.2, -0.15) is 5.26 Å². The lowest BCUT2D eigenvalue weighted by molar-refractivity contribution is 0.714. The van der Waals surface area contributed by atoms with E-state index in [1.54, 1.807) is 6.20 Å². The summed E-state index contributed by atoms with van der Waals surface area (Å²) in [6.45, 7) is 6.17. The van der Waals surface area contributed by atoms with Crippen LogP contribution in [0.1, 0.15) is 42.1 Å². The summed E-state index contributed by atoms with van der Waals surface area (Å²) in [7, 11) is 0. The third-order valence-electron chi connectivity index (χ3n) is 3.97. The van der Waals surface area contributed by atoms with E-state index in [1.165, 1.54) is 22.9 Å². The molecule has 0 saturated carbocycles. The van der Waals surface area contributed by atoms with Gasteiger partial charge in [-0.15, -0.1) is 0 Å². The van der Waals surface area contributed by atoms with Gasteiger partial charge in [0, 0.05) is 13.1 Å². The van der Waals surface area contributed by atoms with Crippen LogP contribution in [-0.4, -0.2) is 16.5 Å². The second kappa shape index (κ2) is 5.53. The van der Waals surface area contributed by atoms with Gasteiger partial charge in [-0.3, -0.25) is 4.98 Å². The number of aromatic nitrogens is 2. The lowest BCUT2D eigenvalue weighted by Crippen LogP contribution is -2.31. The topological polar surface area (TPSA) is 52.8 Å². The van der Waals surface area contributed by atoms with Crippen molar-refractivity contribution in [2.24, 2.45) is 0 Å². The molecule has 0 atom stereocenters. The predicted octanol–water partition coefficient (Wildman–Crippen LogP) is 3.03. The van der Waals surface area contributed by atoms with Crippen molar-refractivity contribution in [3.05, 3.63) is 53.0 Å². The van der Waals surface area contributed by atoms with E-state index in [2.05, 4.69) is 46.9 Å². The van der Waals surface area contributed by atoms with Crippen LogP contribution in [0.2, 0.25) is 0 Å². The third-order valence-corrected chi connectivity index (χ3v) is 3.97. The monoisotopic (exact) mass is 278 g/mol. The third kappa shape index (κ3) is 2.73. The SMILES string of the molecule is CC(C)c1ccc2c(c1)CN(c1cncc(C#N)n1)CC2. The molecule has 0 saturated heterocycles. The number of nitrogens with zero attached hydrogens (tertiary/aromatic N) is 4. The molecule has 1 aliphatic rings. The second-order valence-electron chi connectivity index (χ2n) is 5.73. The Bertz CT molecular complexity index is 700. The Morgan fingerprint density at radius 3 is 2.86 bits per heavy atom. The fourth-order valence-electron chi connectivity index (χ4n) is 2.69. The highest BCUT2D eigenvalue weighted by molar-refractivity contribution is 5.45. The van der Waals surface area contributed by atoms with Crippen LogP contribution in [0.4, 0.5) is 5.82 Å². The minimum atomic E-state index is 0.370. The summed E-state index contributed by atoms with van der Waals surface area (Å²) in [5.74, 6) is 1.32. The van der Waals surface area contributed by atoms with E-state index in [0.29, 0.717) is 11.6 Å². The first-order valence-electron chi connectivity index (χ1n) is 7.26. The summed E-state index contributed by atoms with van der Waals surface area (Å²) in [4.78, 5) is 10.6. The molecular weight excluding hydrogens is 260 g/mol. The van der Waals surface area contributed by atoms with Gasteiger partial charge in [0.1, 0.15) is 11.9 Å². The van der Waals surface area contributed by atoms with Gasteiger partial charge in [0.2, 0.25) is 0 Å². The highest BCUT2D eigenvalue weighted by Crippen LogP contribution is 2.26. The van der Waals surface area contributed by atoms with Crippen molar-refractivity contribution in [1.29, 1.82) is 5.26 Å². The molecule has 3 rings (SSSR count). The Kier molecular flexibility index (Phi) is 3.57.